The number of aromatic nitrogens is 1. The first-order chi connectivity index (χ1) is 17.0. The highest BCUT2D eigenvalue weighted by Crippen LogP contribution is 2.41. The van der Waals surface area contributed by atoms with Crippen molar-refractivity contribution >= 4 is 28.7 Å². The van der Waals surface area contributed by atoms with E-state index in [1.54, 1.807) is 12.0 Å². The van der Waals surface area contributed by atoms with Crippen LogP contribution in [0.15, 0.2) is 48.7 Å². The number of likely N-dealkylation sites (tertiary alicyclic amines) is 1. The van der Waals surface area contributed by atoms with Gasteiger partial charge in [-0.15, -0.1) is 0 Å². The summed E-state index contributed by atoms with van der Waals surface area (Å²) in [6, 6.07) is 13.2. The Bertz CT molecular complexity index is 1340. The molecule has 1 aromatic heterocycles. The Morgan fingerprint density at radius 3 is 2.74 bits per heavy atom. The average molecular weight is 473 g/mol. The van der Waals surface area contributed by atoms with Gasteiger partial charge in [0.2, 0.25) is 5.91 Å². The van der Waals surface area contributed by atoms with Gasteiger partial charge < -0.3 is 19.9 Å². The van der Waals surface area contributed by atoms with E-state index in [0.29, 0.717) is 25.4 Å². The number of hydrogen-bond donors (Lipinski definition) is 2. The number of hydrogen-bond acceptors (Lipinski definition) is 4. The second kappa shape index (κ2) is 8.15. The highest BCUT2D eigenvalue weighted by Gasteiger charge is 2.55. The summed E-state index contributed by atoms with van der Waals surface area (Å²) in [5.41, 5.74) is 3.20. The standard InChI is InChI=1S/C27H28N4O4/c1-35-19-6-7-23-20(14-19)21(15-28-23)17-9-12-30(13-10-17)24(32)16-31-25(33)27(29-26(31)34)11-8-18-4-2-3-5-22(18)27/h2-7,14-15,17,28H,8-13,16H2,1H3,(H,29,34). The molecule has 2 saturated heterocycles. The smallest absolute Gasteiger partial charge is 0.325 e. The van der Waals surface area contributed by atoms with E-state index in [9.17, 15) is 14.4 Å². The summed E-state index contributed by atoms with van der Waals surface area (Å²) in [6.45, 7) is 0.971. The first-order valence-corrected chi connectivity index (χ1v) is 12.2. The normalized spacial score (nSPS) is 22.2. The van der Waals surface area contributed by atoms with Crippen LogP contribution in [0.5, 0.6) is 5.75 Å². The second-order valence-electron chi connectivity index (χ2n) is 9.69. The Labute approximate surface area is 203 Å². The van der Waals surface area contributed by atoms with Gasteiger partial charge in [-0.2, -0.15) is 0 Å². The molecule has 0 saturated carbocycles. The largest absolute Gasteiger partial charge is 0.497 e. The maximum absolute atomic E-state index is 13.4. The lowest BCUT2D eigenvalue weighted by Crippen LogP contribution is -2.46. The first kappa shape index (κ1) is 21.7. The third-order valence-corrected chi connectivity index (χ3v) is 7.92. The van der Waals surface area contributed by atoms with Crippen molar-refractivity contribution in [3.63, 3.8) is 0 Å². The van der Waals surface area contributed by atoms with Gasteiger partial charge in [-0.3, -0.25) is 14.5 Å². The number of aryl methyl sites for hydroxylation is 1. The molecule has 1 aliphatic carbocycles. The van der Waals surface area contributed by atoms with Crippen molar-refractivity contribution in [2.75, 3.05) is 26.7 Å². The lowest BCUT2D eigenvalue weighted by atomic mass is 9.89. The van der Waals surface area contributed by atoms with E-state index in [1.165, 1.54) is 5.56 Å². The number of urea groups is 1. The van der Waals surface area contributed by atoms with Crippen LogP contribution in [0.2, 0.25) is 0 Å². The van der Waals surface area contributed by atoms with E-state index in [0.717, 1.165) is 51.9 Å². The first-order valence-electron chi connectivity index (χ1n) is 12.2. The minimum absolute atomic E-state index is 0.184. The van der Waals surface area contributed by atoms with Crippen molar-refractivity contribution in [2.45, 2.75) is 37.1 Å². The van der Waals surface area contributed by atoms with Crippen LogP contribution in [0, 0.1) is 0 Å². The fourth-order valence-corrected chi connectivity index (χ4v) is 5.99. The minimum Gasteiger partial charge on any atom is -0.497 e. The van der Waals surface area contributed by atoms with Crippen LogP contribution in [0.3, 0.4) is 0 Å². The quantitative estimate of drug-likeness (QED) is 0.570. The highest BCUT2D eigenvalue weighted by molar-refractivity contribution is 6.10. The summed E-state index contributed by atoms with van der Waals surface area (Å²) < 4.78 is 5.39. The van der Waals surface area contributed by atoms with E-state index in [2.05, 4.69) is 16.5 Å². The predicted molar refractivity (Wildman–Crippen MR) is 130 cm³/mol. The van der Waals surface area contributed by atoms with Crippen LogP contribution in [-0.4, -0.2) is 59.4 Å². The average Bonchev–Trinajstić information content (AvgIpc) is 3.55. The van der Waals surface area contributed by atoms with Crippen LogP contribution in [0.1, 0.15) is 41.9 Å². The molecule has 0 radical (unpaired) electrons. The Kier molecular flexibility index (Phi) is 5.05. The predicted octanol–water partition coefficient (Wildman–Crippen LogP) is 3.28. The lowest BCUT2D eigenvalue weighted by molar-refractivity contribution is -0.139. The number of nitrogens with one attached hydrogen (secondary N) is 2. The molecular formula is C27H28N4O4. The van der Waals surface area contributed by atoms with Crippen molar-refractivity contribution in [3.8, 4) is 5.75 Å². The molecule has 4 amide bonds. The molecule has 180 valence electrons. The van der Waals surface area contributed by atoms with E-state index in [-0.39, 0.29) is 18.4 Å². The molecule has 6 rings (SSSR count). The molecule has 2 aromatic carbocycles. The van der Waals surface area contributed by atoms with Gasteiger partial charge in [0, 0.05) is 30.2 Å². The Hall–Kier alpha value is -3.81. The number of carbonyl (C=O) groups is 3. The summed E-state index contributed by atoms with van der Waals surface area (Å²) in [5.74, 6) is 0.649. The molecule has 1 atom stereocenters. The number of amides is 4. The minimum atomic E-state index is -1.03. The molecule has 2 N–H and O–H groups in total. The van der Waals surface area contributed by atoms with Gasteiger partial charge in [0.15, 0.2) is 0 Å². The monoisotopic (exact) mass is 472 g/mol. The third-order valence-electron chi connectivity index (χ3n) is 7.92. The number of imide groups is 1. The van der Waals surface area contributed by atoms with Crippen LogP contribution in [-0.2, 0) is 21.5 Å². The molecule has 8 heteroatoms. The summed E-state index contributed by atoms with van der Waals surface area (Å²) in [7, 11) is 1.66. The lowest BCUT2D eigenvalue weighted by Gasteiger charge is -2.33. The zero-order valence-corrected chi connectivity index (χ0v) is 19.7. The topological polar surface area (TPSA) is 94.7 Å². The van der Waals surface area contributed by atoms with Crippen LogP contribution >= 0.6 is 0 Å². The number of ether oxygens (including phenoxy) is 1. The van der Waals surface area contributed by atoms with Crippen molar-refractivity contribution in [1.82, 2.24) is 20.1 Å². The SMILES string of the molecule is COc1ccc2[nH]cc(C3CCN(C(=O)CN4C(=O)NC5(CCc6ccccc65)C4=O)CC3)c2c1. The van der Waals surface area contributed by atoms with Crippen molar-refractivity contribution in [1.29, 1.82) is 0 Å². The van der Waals surface area contributed by atoms with Gasteiger partial charge in [0.1, 0.15) is 17.8 Å². The van der Waals surface area contributed by atoms with Crippen molar-refractivity contribution in [2.24, 2.45) is 0 Å². The maximum atomic E-state index is 13.4. The molecule has 3 aromatic rings. The molecule has 1 unspecified atom stereocenters. The number of carbonyl (C=O) groups excluding carboxylic acids is 3. The molecular weight excluding hydrogens is 444 g/mol. The Morgan fingerprint density at radius 2 is 1.94 bits per heavy atom. The fourth-order valence-electron chi connectivity index (χ4n) is 5.99. The molecule has 3 aliphatic rings. The van der Waals surface area contributed by atoms with Gasteiger partial charge in [-0.05, 0) is 66.5 Å². The van der Waals surface area contributed by atoms with Gasteiger partial charge in [-0.1, -0.05) is 24.3 Å². The number of methoxy groups -OCH3 is 1. The summed E-state index contributed by atoms with van der Waals surface area (Å²) >= 11 is 0. The molecule has 3 heterocycles. The van der Waals surface area contributed by atoms with E-state index in [1.807, 2.05) is 42.5 Å². The van der Waals surface area contributed by atoms with E-state index in [4.69, 9.17) is 4.74 Å². The second-order valence-corrected chi connectivity index (χ2v) is 9.69. The molecule has 0 bridgehead atoms. The number of fused-ring (bicyclic) bond motifs is 3. The Balaban J connectivity index is 1.12. The molecule has 2 fully saturated rings. The van der Waals surface area contributed by atoms with Crippen LogP contribution in [0.4, 0.5) is 4.79 Å². The molecule has 2 aliphatic heterocycles. The number of piperidine rings is 1. The number of nitrogens with zero attached hydrogens (tertiary/aromatic N) is 2. The van der Waals surface area contributed by atoms with Gasteiger partial charge in [-0.25, -0.2) is 4.79 Å². The molecule has 8 nitrogen and oxygen atoms in total. The molecule has 1 spiro atoms. The zero-order chi connectivity index (χ0) is 24.2. The van der Waals surface area contributed by atoms with Gasteiger partial charge >= 0.3 is 6.03 Å². The number of benzene rings is 2. The third kappa shape index (κ3) is 3.38. The van der Waals surface area contributed by atoms with Gasteiger partial charge in [0.25, 0.3) is 5.91 Å². The fraction of sp³-hybridized carbons (Fsp3) is 0.370. The summed E-state index contributed by atoms with van der Waals surface area (Å²) in [5, 5.41) is 4.05. The molecule has 35 heavy (non-hydrogen) atoms. The zero-order valence-electron chi connectivity index (χ0n) is 19.7. The van der Waals surface area contributed by atoms with Crippen molar-refractivity contribution < 1.29 is 19.1 Å². The highest BCUT2D eigenvalue weighted by atomic mass is 16.5. The number of rotatable bonds is 4. The summed E-state index contributed by atoms with van der Waals surface area (Å²) in [4.78, 5) is 45.5. The summed E-state index contributed by atoms with van der Waals surface area (Å²) in [6.07, 6.45) is 4.97. The Morgan fingerprint density at radius 1 is 1.14 bits per heavy atom. The van der Waals surface area contributed by atoms with Gasteiger partial charge in [0.05, 0.1) is 7.11 Å². The van der Waals surface area contributed by atoms with E-state index >= 15 is 0 Å². The van der Waals surface area contributed by atoms with Crippen molar-refractivity contribution in [3.05, 3.63) is 65.4 Å². The number of H-pyrrole nitrogens is 1. The maximum Gasteiger partial charge on any atom is 0.325 e. The van der Waals surface area contributed by atoms with Crippen LogP contribution in [0.25, 0.3) is 10.9 Å². The van der Waals surface area contributed by atoms with E-state index < -0.39 is 11.6 Å². The van der Waals surface area contributed by atoms with Crippen LogP contribution < -0.4 is 10.1 Å². The number of aromatic amines is 1.